The molecule has 17 heavy (non-hydrogen) atoms. The minimum atomic E-state index is -2.92. The average Bonchev–Trinajstić information content (AvgIpc) is 2.70. The van der Waals surface area contributed by atoms with Crippen LogP contribution in [0, 0.1) is 0 Å². The van der Waals surface area contributed by atoms with Crippen LogP contribution in [0.25, 0.3) is 0 Å². The Kier molecular flexibility index (Phi) is 5.14. The van der Waals surface area contributed by atoms with Crippen molar-refractivity contribution in [1.29, 1.82) is 0 Å². The molecule has 98 valence electrons. The molecule has 0 spiro atoms. The predicted molar refractivity (Wildman–Crippen MR) is 68.6 cm³/mol. The molecule has 1 rings (SSSR count). The second-order valence-corrected chi connectivity index (χ2v) is 6.60. The summed E-state index contributed by atoms with van der Waals surface area (Å²) < 4.78 is 23.7. The van der Waals surface area contributed by atoms with Crippen molar-refractivity contribution >= 4 is 9.84 Å². The van der Waals surface area contributed by atoms with Gasteiger partial charge in [-0.05, 0) is 19.9 Å². The van der Waals surface area contributed by atoms with Crippen molar-refractivity contribution in [3.63, 3.8) is 0 Å². The molecule has 0 saturated heterocycles. The number of nitrogens with one attached hydrogen (secondary N) is 1. The van der Waals surface area contributed by atoms with E-state index >= 15 is 0 Å². The van der Waals surface area contributed by atoms with Crippen molar-refractivity contribution in [2.75, 3.05) is 18.6 Å². The van der Waals surface area contributed by atoms with Crippen LogP contribution >= 0.6 is 0 Å². The van der Waals surface area contributed by atoms with E-state index in [1.54, 1.807) is 10.9 Å². The summed E-state index contributed by atoms with van der Waals surface area (Å²) in [5.74, 6) is 0.130. The Morgan fingerprint density at radius 3 is 2.82 bits per heavy atom. The highest BCUT2D eigenvalue weighted by Gasteiger charge is 2.08. The van der Waals surface area contributed by atoms with Gasteiger partial charge in [0.15, 0.2) is 0 Å². The van der Waals surface area contributed by atoms with Crippen molar-refractivity contribution < 1.29 is 8.42 Å². The van der Waals surface area contributed by atoms with Crippen LogP contribution in [0.1, 0.15) is 31.9 Å². The fourth-order valence-electron chi connectivity index (χ4n) is 1.46. The largest absolute Gasteiger partial charge is 0.310 e. The standard InChI is InChI=1S/C11H21N3O2S/c1-4-5-12-10(2)11-8-13-14(9-11)6-7-17(3,15)16/h8-10,12H,4-7H2,1-3H3. The van der Waals surface area contributed by atoms with Gasteiger partial charge >= 0.3 is 0 Å². The van der Waals surface area contributed by atoms with Crippen LogP contribution in [0.2, 0.25) is 0 Å². The van der Waals surface area contributed by atoms with E-state index in [-0.39, 0.29) is 11.8 Å². The summed E-state index contributed by atoms with van der Waals surface area (Å²) >= 11 is 0. The zero-order chi connectivity index (χ0) is 12.9. The molecule has 0 aliphatic rings. The lowest BCUT2D eigenvalue weighted by molar-refractivity contribution is 0.568. The van der Waals surface area contributed by atoms with E-state index in [9.17, 15) is 8.42 Å². The molecular formula is C11H21N3O2S. The Morgan fingerprint density at radius 1 is 1.53 bits per heavy atom. The summed E-state index contributed by atoms with van der Waals surface area (Å²) in [7, 11) is -2.92. The number of hydrogen-bond donors (Lipinski definition) is 1. The minimum absolute atomic E-state index is 0.130. The van der Waals surface area contributed by atoms with Gasteiger partial charge < -0.3 is 5.32 Å². The van der Waals surface area contributed by atoms with E-state index in [2.05, 4.69) is 24.3 Å². The maximum absolute atomic E-state index is 11.0. The third-order valence-corrected chi connectivity index (χ3v) is 3.47. The lowest BCUT2D eigenvalue weighted by atomic mass is 10.2. The first-order valence-corrected chi connectivity index (χ1v) is 7.92. The number of rotatable bonds is 7. The van der Waals surface area contributed by atoms with Crippen LogP contribution < -0.4 is 5.32 Å². The highest BCUT2D eigenvalue weighted by Crippen LogP contribution is 2.10. The van der Waals surface area contributed by atoms with Crippen LogP contribution in [0.5, 0.6) is 0 Å². The lowest BCUT2D eigenvalue weighted by Gasteiger charge is -2.10. The second-order valence-electron chi connectivity index (χ2n) is 4.34. The van der Waals surface area contributed by atoms with Crippen LogP contribution in [-0.4, -0.2) is 36.8 Å². The molecule has 0 amide bonds. The Hall–Kier alpha value is -0.880. The van der Waals surface area contributed by atoms with E-state index in [4.69, 9.17) is 0 Å². The summed E-state index contributed by atoms with van der Waals surface area (Å²) in [5.41, 5.74) is 1.09. The number of aromatic nitrogens is 2. The third-order valence-electron chi connectivity index (χ3n) is 2.54. The van der Waals surface area contributed by atoms with E-state index in [1.807, 2.05) is 6.20 Å². The molecule has 0 fully saturated rings. The van der Waals surface area contributed by atoms with Gasteiger partial charge in [0, 0.05) is 24.1 Å². The van der Waals surface area contributed by atoms with Crippen molar-refractivity contribution in [1.82, 2.24) is 15.1 Å². The first-order valence-electron chi connectivity index (χ1n) is 5.86. The number of sulfone groups is 1. The number of aryl methyl sites for hydroxylation is 1. The molecule has 0 saturated carbocycles. The molecule has 0 bridgehead atoms. The third kappa shape index (κ3) is 5.32. The van der Waals surface area contributed by atoms with Crippen molar-refractivity contribution in [2.24, 2.45) is 0 Å². The molecule has 1 N–H and O–H groups in total. The van der Waals surface area contributed by atoms with Gasteiger partial charge in [0.2, 0.25) is 0 Å². The van der Waals surface area contributed by atoms with Crippen LogP contribution in [-0.2, 0) is 16.4 Å². The smallest absolute Gasteiger partial charge is 0.149 e. The summed E-state index contributed by atoms with van der Waals surface area (Å²) in [5, 5.41) is 7.52. The second kappa shape index (κ2) is 6.16. The summed E-state index contributed by atoms with van der Waals surface area (Å²) in [6.07, 6.45) is 6.02. The first-order chi connectivity index (χ1) is 7.92. The van der Waals surface area contributed by atoms with E-state index < -0.39 is 9.84 Å². The number of nitrogens with zero attached hydrogens (tertiary/aromatic N) is 2. The zero-order valence-corrected chi connectivity index (χ0v) is 11.5. The minimum Gasteiger partial charge on any atom is -0.310 e. The summed E-state index contributed by atoms with van der Waals surface area (Å²) in [6.45, 7) is 5.58. The van der Waals surface area contributed by atoms with Crippen molar-refractivity contribution in [2.45, 2.75) is 32.9 Å². The zero-order valence-electron chi connectivity index (χ0n) is 10.7. The Bertz CT molecular complexity index is 439. The van der Waals surface area contributed by atoms with Gasteiger partial charge in [0.1, 0.15) is 9.84 Å². The topological polar surface area (TPSA) is 64.0 Å². The van der Waals surface area contributed by atoms with E-state index in [0.29, 0.717) is 6.54 Å². The summed E-state index contributed by atoms with van der Waals surface area (Å²) in [4.78, 5) is 0. The van der Waals surface area contributed by atoms with Crippen molar-refractivity contribution in [3.05, 3.63) is 18.0 Å². The Balaban J connectivity index is 2.53. The molecule has 1 aromatic rings. The monoisotopic (exact) mass is 259 g/mol. The fraction of sp³-hybridized carbons (Fsp3) is 0.727. The van der Waals surface area contributed by atoms with Crippen LogP contribution in [0.4, 0.5) is 0 Å². The number of hydrogen-bond acceptors (Lipinski definition) is 4. The van der Waals surface area contributed by atoms with Gasteiger partial charge in [-0.15, -0.1) is 0 Å². The van der Waals surface area contributed by atoms with Gasteiger partial charge in [-0.3, -0.25) is 4.68 Å². The van der Waals surface area contributed by atoms with E-state index in [0.717, 1.165) is 18.5 Å². The van der Waals surface area contributed by atoms with E-state index in [1.165, 1.54) is 6.26 Å². The van der Waals surface area contributed by atoms with Crippen LogP contribution in [0.15, 0.2) is 12.4 Å². The molecule has 1 heterocycles. The maximum atomic E-state index is 11.0. The highest BCUT2D eigenvalue weighted by molar-refractivity contribution is 7.90. The molecule has 1 aromatic heterocycles. The molecule has 1 unspecified atom stereocenters. The van der Waals surface area contributed by atoms with Crippen LogP contribution in [0.3, 0.4) is 0 Å². The van der Waals surface area contributed by atoms with Gasteiger partial charge in [-0.1, -0.05) is 6.92 Å². The molecule has 0 aromatic carbocycles. The molecule has 5 nitrogen and oxygen atoms in total. The average molecular weight is 259 g/mol. The molecule has 0 aliphatic carbocycles. The summed E-state index contributed by atoms with van der Waals surface area (Å²) in [6, 6.07) is 0.252. The van der Waals surface area contributed by atoms with Gasteiger partial charge in [0.25, 0.3) is 0 Å². The highest BCUT2D eigenvalue weighted by atomic mass is 32.2. The van der Waals surface area contributed by atoms with Crippen molar-refractivity contribution in [3.8, 4) is 0 Å². The Labute approximate surface area is 103 Å². The predicted octanol–water partition coefficient (Wildman–Crippen LogP) is 0.988. The molecule has 0 aliphatic heterocycles. The molecule has 6 heteroatoms. The fourth-order valence-corrected chi connectivity index (χ4v) is 1.98. The maximum Gasteiger partial charge on any atom is 0.149 e. The van der Waals surface area contributed by atoms with Gasteiger partial charge in [-0.2, -0.15) is 5.10 Å². The van der Waals surface area contributed by atoms with Gasteiger partial charge in [-0.25, -0.2) is 8.42 Å². The SMILES string of the molecule is CCCNC(C)c1cnn(CCS(C)(=O)=O)c1. The quantitative estimate of drug-likeness (QED) is 0.793. The molecule has 0 radical (unpaired) electrons. The normalized spacial score (nSPS) is 13.8. The Morgan fingerprint density at radius 2 is 2.24 bits per heavy atom. The molecule has 1 atom stereocenters. The molecular weight excluding hydrogens is 238 g/mol. The lowest BCUT2D eigenvalue weighted by Crippen LogP contribution is -2.18. The van der Waals surface area contributed by atoms with Gasteiger partial charge in [0.05, 0.1) is 18.5 Å². The first kappa shape index (κ1) is 14.2.